The molecule has 12 bridgehead atoms. The van der Waals surface area contributed by atoms with Gasteiger partial charge in [0.25, 0.3) is 0 Å². The highest BCUT2D eigenvalue weighted by atomic mass is 16.6. The molecule has 0 amide bonds. The Bertz CT molecular complexity index is 1690. The number of carbonyl (C=O) groups excluding carboxylic acids is 3. The monoisotopic (exact) mass is 953 g/mol. The van der Waals surface area contributed by atoms with Gasteiger partial charge in [-0.3, -0.25) is 14.4 Å². The van der Waals surface area contributed by atoms with Crippen LogP contribution in [0.4, 0.5) is 0 Å². The molecule has 13 rings (SSSR count). The number of ether oxygens (including phenoxy) is 3. The molecule has 68 heavy (non-hydrogen) atoms. The summed E-state index contributed by atoms with van der Waals surface area (Å²) >= 11 is 0. The van der Waals surface area contributed by atoms with Gasteiger partial charge in [0.1, 0.15) is 16.8 Å². The van der Waals surface area contributed by atoms with Gasteiger partial charge >= 0.3 is 17.9 Å². The van der Waals surface area contributed by atoms with E-state index in [-0.39, 0.29) is 57.1 Å². The fourth-order valence-electron chi connectivity index (χ4n) is 17.9. The lowest BCUT2D eigenvalue weighted by molar-refractivity contribution is -0.294. The first-order valence-corrected chi connectivity index (χ1v) is 28.5. The van der Waals surface area contributed by atoms with Crippen LogP contribution in [-0.2, 0) is 28.6 Å². The second kappa shape index (κ2) is 20.7. The molecule has 0 aliphatic heterocycles. The van der Waals surface area contributed by atoms with Crippen LogP contribution < -0.4 is 0 Å². The second-order valence-electron chi connectivity index (χ2n) is 27.0. The van der Waals surface area contributed by atoms with Crippen LogP contribution in [0.2, 0.25) is 0 Å². The highest BCUT2D eigenvalue weighted by molar-refractivity contribution is 5.77. The average Bonchev–Trinajstić information content (AvgIpc) is 3.32. The van der Waals surface area contributed by atoms with Gasteiger partial charge in [0.2, 0.25) is 0 Å². The molecule has 0 spiro atoms. The average molecular weight is 953 g/mol. The van der Waals surface area contributed by atoms with E-state index >= 15 is 0 Å². The van der Waals surface area contributed by atoms with E-state index < -0.39 is 0 Å². The van der Waals surface area contributed by atoms with Crippen molar-refractivity contribution in [3.8, 4) is 0 Å². The minimum absolute atomic E-state index is 0.0113. The molecule has 13 fully saturated rings. The quantitative estimate of drug-likeness (QED) is 0.152. The van der Waals surface area contributed by atoms with Gasteiger partial charge in [0.05, 0.1) is 22.3 Å². The maximum Gasteiger partial charge on any atom is 0.312 e. The summed E-state index contributed by atoms with van der Waals surface area (Å²) in [6.07, 6.45) is 26.8. The van der Waals surface area contributed by atoms with Crippen molar-refractivity contribution < 1.29 is 43.9 Å². The third kappa shape index (κ3) is 10.1. The molecule has 0 heterocycles. The molecule has 0 saturated heterocycles. The number of fused-ring (bicyclic) bond motifs is 2. The van der Waals surface area contributed by atoms with Gasteiger partial charge in [-0.15, -0.1) is 0 Å². The van der Waals surface area contributed by atoms with Crippen LogP contribution in [0.3, 0.4) is 0 Å². The molecule has 9 nitrogen and oxygen atoms in total. The molecular weight excluding hydrogens is 853 g/mol. The smallest absolute Gasteiger partial charge is 0.312 e. The highest BCUT2D eigenvalue weighted by Gasteiger charge is 2.71. The van der Waals surface area contributed by atoms with Crippen molar-refractivity contribution in [3.05, 3.63) is 0 Å². The molecule has 9 heteroatoms. The van der Waals surface area contributed by atoms with E-state index in [0.717, 1.165) is 127 Å². The van der Waals surface area contributed by atoms with E-state index in [9.17, 15) is 19.5 Å². The Morgan fingerprint density at radius 3 is 1.32 bits per heavy atom. The predicted molar refractivity (Wildman–Crippen MR) is 268 cm³/mol. The molecule has 13 aliphatic carbocycles. The molecule has 13 aliphatic rings. The number of rotatable bonds is 9. The molecule has 0 aromatic rings. The third-order valence-electron chi connectivity index (χ3n) is 22.1. The van der Waals surface area contributed by atoms with Gasteiger partial charge in [-0.05, 0) is 234 Å². The summed E-state index contributed by atoms with van der Waals surface area (Å²) in [4.78, 5) is 37.8. The maximum absolute atomic E-state index is 12.7. The zero-order valence-corrected chi connectivity index (χ0v) is 45.2. The van der Waals surface area contributed by atoms with Crippen LogP contribution in [0.1, 0.15) is 217 Å². The normalized spacial score (nSPS) is 45.2. The Hall–Kier alpha value is -1.71. The van der Waals surface area contributed by atoms with Crippen molar-refractivity contribution in [2.45, 2.75) is 239 Å². The first kappa shape index (κ1) is 54.1. The lowest BCUT2D eigenvalue weighted by Crippen LogP contribution is -2.71. The van der Waals surface area contributed by atoms with Crippen molar-refractivity contribution in [2.24, 2.45) is 99.6 Å². The van der Waals surface area contributed by atoms with Crippen LogP contribution in [0.15, 0.2) is 0 Å². The summed E-state index contributed by atoms with van der Waals surface area (Å²) < 4.78 is 18.8. The summed E-state index contributed by atoms with van der Waals surface area (Å²) in [7, 11) is 2.00. The largest absolute Gasteiger partial charge is 0.459 e. The first-order chi connectivity index (χ1) is 32.2. The summed E-state index contributed by atoms with van der Waals surface area (Å²) in [5.74, 6) is 10.6. The topological polar surface area (TPSA) is 140 Å². The van der Waals surface area contributed by atoms with Crippen molar-refractivity contribution in [2.75, 3.05) is 14.2 Å². The van der Waals surface area contributed by atoms with Crippen LogP contribution in [-0.4, -0.2) is 69.9 Å². The van der Waals surface area contributed by atoms with E-state index in [1.807, 2.05) is 34.6 Å². The Balaban J connectivity index is 0.000000146. The van der Waals surface area contributed by atoms with Crippen molar-refractivity contribution in [3.63, 3.8) is 0 Å². The minimum atomic E-state index is -0.365. The molecule has 11 unspecified atom stereocenters. The number of aliphatic hydroxyl groups excluding tert-OH is 2. The van der Waals surface area contributed by atoms with E-state index in [1.165, 1.54) is 64.2 Å². The summed E-state index contributed by atoms with van der Waals surface area (Å²) in [6, 6.07) is 0. The van der Waals surface area contributed by atoms with Crippen molar-refractivity contribution in [1.29, 1.82) is 0 Å². The third-order valence-corrected chi connectivity index (χ3v) is 22.1. The Labute approximate surface area is 413 Å². The van der Waals surface area contributed by atoms with Gasteiger partial charge < -0.3 is 29.5 Å². The second-order valence-corrected chi connectivity index (χ2v) is 27.0. The van der Waals surface area contributed by atoms with E-state index in [4.69, 9.17) is 24.4 Å². The molecule has 0 radical (unpaired) electrons. The maximum atomic E-state index is 12.7. The number of hydrogen-bond acceptors (Lipinski definition) is 9. The lowest BCUT2D eigenvalue weighted by Gasteiger charge is -2.73. The van der Waals surface area contributed by atoms with Gasteiger partial charge in [0.15, 0.2) is 0 Å². The highest BCUT2D eigenvalue weighted by Crippen LogP contribution is 2.73. The van der Waals surface area contributed by atoms with Crippen molar-refractivity contribution >= 4 is 17.9 Å². The van der Waals surface area contributed by atoms with Crippen LogP contribution in [0, 0.1) is 99.6 Å². The fraction of sp³-hybridized carbons (Fsp3) is 0.949. The van der Waals surface area contributed by atoms with Crippen LogP contribution in [0.25, 0.3) is 0 Å². The predicted octanol–water partition coefficient (Wildman–Crippen LogP) is 12.3. The van der Waals surface area contributed by atoms with E-state index in [2.05, 4.69) is 34.6 Å². The van der Waals surface area contributed by atoms with Gasteiger partial charge in [0, 0.05) is 26.1 Å². The fourth-order valence-corrected chi connectivity index (χ4v) is 17.9. The summed E-state index contributed by atoms with van der Waals surface area (Å²) in [5.41, 5.74) is -1.43. The van der Waals surface area contributed by atoms with Gasteiger partial charge in [-0.2, -0.15) is 0 Å². The Morgan fingerprint density at radius 2 is 0.926 bits per heavy atom. The molecule has 390 valence electrons. The van der Waals surface area contributed by atoms with Crippen LogP contribution in [0.5, 0.6) is 0 Å². The zero-order valence-electron chi connectivity index (χ0n) is 45.2. The first-order valence-electron chi connectivity index (χ1n) is 28.5. The SMILES string of the molecule is CCC(C)(C)C(=O)OC12CC3C4CC5(O)CC3C(C1)C(C5)C4C2.CCC(C)(C)C(=O)OC12CCC3CCC(CC(C)C1)C2C3.CCC(C)C(=O)OC12CCC3CCC(CC(C)C1)C2C3.CO.CO. The van der Waals surface area contributed by atoms with E-state index in [1.54, 1.807) is 0 Å². The minimum Gasteiger partial charge on any atom is -0.459 e. The van der Waals surface area contributed by atoms with Gasteiger partial charge in [-0.1, -0.05) is 54.4 Å². The lowest BCUT2D eigenvalue weighted by atomic mass is 9.34. The molecular formula is C59H100O9. The summed E-state index contributed by atoms with van der Waals surface area (Å²) in [6.45, 7) is 21.0. The Morgan fingerprint density at radius 1 is 0.544 bits per heavy atom. The number of aliphatic hydroxyl groups is 3. The summed E-state index contributed by atoms with van der Waals surface area (Å²) in [5, 5.41) is 24.9. The molecule has 0 aromatic carbocycles. The molecule has 11 atom stereocenters. The number of carbonyl (C=O) groups is 3. The standard InChI is InChI=1S/C20H30O3.C19H32O2.C18H30O2.2CH4O/c1-4-18(2,3)17(21)23-20-8-14-11-5-19(22)6-12(14)16(10-20)13(7-19)15(11)9-20;1-5-18(3,4)17(20)21-19-9-8-14-6-7-15(16(19)11-14)10-13(2)12-19;1-4-13(3)17(19)20-18-8-7-14-5-6-15(16(18)10-14)9-12(2)11-18;2*1-2/h11-16,22H,4-10H2,1-3H3;13-16H,5-12H2,1-4H3;12-16H,4-11H2,1-3H3;2*2H,1H3. The number of esters is 3. The zero-order chi connectivity index (χ0) is 49.8. The van der Waals surface area contributed by atoms with E-state index in [0.29, 0.717) is 53.3 Å². The molecule has 0 aromatic heterocycles. The molecule has 13 saturated carbocycles. The van der Waals surface area contributed by atoms with Crippen LogP contribution >= 0.6 is 0 Å². The number of hydrogen-bond donors (Lipinski definition) is 3. The Kier molecular flexibility index (Phi) is 16.4. The van der Waals surface area contributed by atoms with Gasteiger partial charge in [-0.25, -0.2) is 0 Å². The van der Waals surface area contributed by atoms with Crippen molar-refractivity contribution in [1.82, 2.24) is 0 Å². The molecule has 3 N–H and O–H groups in total.